The molecule has 7 nitrogen and oxygen atoms in total. The van der Waals surface area contributed by atoms with Gasteiger partial charge in [0.25, 0.3) is 0 Å². The van der Waals surface area contributed by atoms with E-state index < -0.39 is 20.0 Å². The number of hydrogen-bond acceptors (Lipinski definition) is 5. The average molecular weight is 384 g/mol. The van der Waals surface area contributed by atoms with E-state index in [4.69, 9.17) is 5.73 Å². The monoisotopic (exact) mass is 383 g/mol. The standard InChI is InChI=1S/C13H21N3O4S2.ClH/c1-9-7-11(5-6-13(9)22(19,20)15-2)21(17,18)16-12(8-14)10-3-4-10;/h5-7,10,12,15-16H,3-4,8,14H2,1-2H3;1H. The molecule has 1 saturated carbocycles. The van der Waals surface area contributed by atoms with E-state index in [1.807, 2.05) is 0 Å². The van der Waals surface area contributed by atoms with E-state index in [1.165, 1.54) is 25.2 Å². The summed E-state index contributed by atoms with van der Waals surface area (Å²) in [5, 5.41) is 0. The molecule has 4 N–H and O–H groups in total. The van der Waals surface area contributed by atoms with Crippen LogP contribution in [0.1, 0.15) is 18.4 Å². The number of halogens is 1. The lowest BCUT2D eigenvalue weighted by atomic mass is 10.2. The molecule has 0 aliphatic heterocycles. The fourth-order valence-electron chi connectivity index (χ4n) is 2.30. The Kier molecular flexibility index (Phi) is 6.59. The lowest BCUT2D eigenvalue weighted by molar-refractivity contribution is 0.519. The van der Waals surface area contributed by atoms with E-state index in [1.54, 1.807) is 6.92 Å². The van der Waals surface area contributed by atoms with Gasteiger partial charge in [-0.1, -0.05) is 0 Å². The van der Waals surface area contributed by atoms with Crippen molar-refractivity contribution in [3.8, 4) is 0 Å². The van der Waals surface area contributed by atoms with Gasteiger partial charge in [-0.15, -0.1) is 12.4 Å². The van der Waals surface area contributed by atoms with Crippen molar-refractivity contribution < 1.29 is 16.8 Å². The van der Waals surface area contributed by atoms with Gasteiger partial charge in [0.1, 0.15) is 0 Å². The number of sulfonamides is 2. The number of hydrogen-bond donors (Lipinski definition) is 3. The number of nitrogens with one attached hydrogen (secondary N) is 2. The van der Waals surface area contributed by atoms with Crippen LogP contribution in [0.15, 0.2) is 28.0 Å². The van der Waals surface area contributed by atoms with Gasteiger partial charge < -0.3 is 5.73 Å². The summed E-state index contributed by atoms with van der Waals surface area (Å²) in [6.45, 7) is 1.81. The first-order valence-electron chi connectivity index (χ1n) is 6.98. The minimum atomic E-state index is -3.71. The van der Waals surface area contributed by atoms with Gasteiger partial charge in [-0.05, 0) is 56.5 Å². The van der Waals surface area contributed by atoms with Crippen LogP contribution in [0.25, 0.3) is 0 Å². The van der Waals surface area contributed by atoms with E-state index in [2.05, 4.69) is 9.44 Å². The fraction of sp³-hybridized carbons (Fsp3) is 0.538. The molecule has 0 radical (unpaired) electrons. The molecule has 1 aromatic carbocycles. The van der Waals surface area contributed by atoms with Crippen LogP contribution in [0.5, 0.6) is 0 Å². The average Bonchev–Trinajstić information content (AvgIpc) is 3.29. The molecule has 1 aliphatic carbocycles. The summed E-state index contributed by atoms with van der Waals surface area (Å²) in [5.74, 6) is 0.296. The maximum Gasteiger partial charge on any atom is 0.240 e. The molecule has 23 heavy (non-hydrogen) atoms. The normalized spacial score (nSPS) is 16.7. The van der Waals surface area contributed by atoms with Crippen molar-refractivity contribution >= 4 is 32.5 Å². The molecule has 0 bridgehead atoms. The molecule has 2 rings (SSSR count). The van der Waals surface area contributed by atoms with E-state index in [-0.39, 0.29) is 34.8 Å². The zero-order valence-electron chi connectivity index (χ0n) is 12.9. The van der Waals surface area contributed by atoms with Gasteiger partial charge in [-0.25, -0.2) is 26.3 Å². The molecule has 0 saturated heterocycles. The predicted molar refractivity (Wildman–Crippen MR) is 90.6 cm³/mol. The molecule has 0 heterocycles. The zero-order chi connectivity index (χ0) is 16.5. The minimum Gasteiger partial charge on any atom is -0.329 e. The molecule has 0 amide bonds. The van der Waals surface area contributed by atoms with E-state index >= 15 is 0 Å². The molecule has 10 heteroatoms. The van der Waals surface area contributed by atoms with Crippen LogP contribution in [-0.2, 0) is 20.0 Å². The van der Waals surface area contributed by atoms with E-state index in [0.717, 1.165) is 12.8 Å². The van der Waals surface area contributed by atoms with Gasteiger partial charge in [-0.2, -0.15) is 0 Å². The second kappa shape index (κ2) is 7.45. The van der Waals surface area contributed by atoms with Crippen LogP contribution in [0, 0.1) is 12.8 Å². The smallest absolute Gasteiger partial charge is 0.240 e. The third-order valence-electron chi connectivity index (χ3n) is 3.77. The Bertz CT molecular complexity index is 761. The van der Waals surface area contributed by atoms with Gasteiger partial charge >= 0.3 is 0 Å². The second-order valence-electron chi connectivity index (χ2n) is 5.44. The Balaban J connectivity index is 0.00000264. The third-order valence-corrected chi connectivity index (χ3v) is 6.83. The third kappa shape index (κ3) is 4.65. The van der Waals surface area contributed by atoms with E-state index in [0.29, 0.717) is 11.5 Å². The van der Waals surface area contributed by atoms with Crippen LogP contribution < -0.4 is 15.2 Å². The van der Waals surface area contributed by atoms with Gasteiger partial charge in [0, 0.05) is 12.6 Å². The Hall–Kier alpha value is -0.710. The lowest BCUT2D eigenvalue weighted by Crippen LogP contribution is -2.41. The number of nitrogens with two attached hydrogens (primary N) is 1. The van der Waals surface area contributed by atoms with Crippen molar-refractivity contribution in [2.45, 2.75) is 35.6 Å². The summed E-state index contributed by atoms with van der Waals surface area (Å²) in [6.07, 6.45) is 1.95. The first-order valence-corrected chi connectivity index (χ1v) is 9.94. The Morgan fingerprint density at radius 3 is 2.26 bits per heavy atom. The zero-order valence-corrected chi connectivity index (χ0v) is 15.4. The summed E-state index contributed by atoms with van der Waals surface area (Å²) in [6, 6.07) is 3.67. The van der Waals surface area contributed by atoms with Crippen molar-refractivity contribution in [1.82, 2.24) is 9.44 Å². The van der Waals surface area contributed by atoms with Crippen molar-refractivity contribution in [3.05, 3.63) is 23.8 Å². The highest BCUT2D eigenvalue weighted by atomic mass is 35.5. The molecule has 1 fully saturated rings. The van der Waals surface area contributed by atoms with Gasteiger partial charge in [0.2, 0.25) is 20.0 Å². The Morgan fingerprint density at radius 2 is 1.83 bits per heavy atom. The van der Waals surface area contributed by atoms with E-state index in [9.17, 15) is 16.8 Å². The molecule has 1 atom stereocenters. The lowest BCUT2D eigenvalue weighted by Gasteiger charge is -2.17. The van der Waals surface area contributed by atoms with Crippen molar-refractivity contribution in [2.24, 2.45) is 11.7 Å². The minimum absolute atomic E-state index is 0. The first-order chi connectivity index (χ1) is 10.2. The molecular weight excluding hydrogens is 362 g/mol. The molecule has 132 valence electrons. The Labute approximate surface area is 143 Å². The summed E-state index contributed by atoms with van der Waals surface area (Å²) in [5.41, 5.74) is 5.98. The quantitative estimate of drug-likeness (QED) is 0.627. The van der Waals surface area contributed by atoms with Gasteiger partial charge in [0.05, 0.1) is 9.79 Å². The molecule has 1 unspecified atom stereocenters. The highest BCUT2D eigenvalue weighted by molar-refractivity contribution is 7.90. The number of rotatable bonds is 7. The van der Waals surface area contributed by atoms with Crippen LogP contribution in [-0.4, -0.2) is 36.5 Å². The van der Waals surface area contributed by atoms with Crippen LogP contribution >= 0.6 is 12.4 Å². The summed E-state index contributed by atoms with van der Waals surface area (Å²) < 4.78 is 53.2. The summed E-state index contributed by atoms with van der Waals surface area (Å²) in [7, 11) is -6.01. The van der Waals surface area contributed by atoms with Gasteiger partial charge in [-0.3, -0.25) is 0 Å². The molecule has 1 aliphatic rings. The largest absolute Gasteiger partial charge is 0.329 e. The fourth-order valence-corrected chi connectivity index (χ4v) is 4.66. The van der Waals surface area contributed by atoms with Crippen LogP contribution in [0.4, 0.5) is 0 Å². The summed E-state index contributed by atoms with van der Waals surface area (Å²) >= 11 is 0. The van der Waals surface area contributed by atoms with Crippen molar-refractivity contribution in [1.29, 1.82) is 0 Å². The summed E-state index contributed by atoms with van der Waals surface area (Å²) in [4.78, 5) is 0.102. The number of benzene rings is 1. The SMILES string of the molecule is CNS(=O)(=O)c1ccc(S(=O)(=O)NC(CN)C2CC2)cc1C.Cl. The maximum atomic E-state index is 12.4. The molecular formula is C13H22ClN3O4S2. The molecule has 1 aromatic rings. The second-order valence-corrected chi connectivity index (χ2v) is 9.00. The first kappa shape index (κ1) is 20.3. The molecule has 0 spiro atoms. The topological polar surface area (TPSA) is 118 Å². The van der Waals surface area contributed by atoms with Gasteiger partial charge in [0.15, 0.2) is 0 Å². The highest BCUT2D eigenvalue weighted by Gasteiger charge is 2.33. The molecule has 0 aromatic heterocycles. The maximum absolute atomic E-state index is 12.4. The highest BCUT2D eigenvalue weighted by Crippen LogP contribution is 2.33. The van der Waals surface area contributed by atoms with Crippen molar-refractivity contribution in [3.63, 3.8) is 0 Å². The predicted octanol–water partition coefficient (Wildman–Crippen LogP) is 0.341. The Morgan fingerprint density at radius 1 is 1.22 bits per heavy atom. The van der Waals surface area contributed by atoms with Crippen LogP contribution in [0.3, 0.4) is 0 Å². The van der Waals surface area contributed by atoms with Crippen molar-refractivity contribution in [2.75, 3.05) is 13.6 Å². The van der Waals surface area contributed by atoms with Crippen LogP contribution in [0.2, 0.25) is 0 Å². The number of aryl methyl sites for hydroxylation is 1.